The SMILES string of the molecule is CCNC(=O)C(NC(=O)c1c(F)cccc1F)C(C)C. The molecular formula is C14H18F2N2O2. The normalized spacial score (nSPS) is 12.1. The van der Waals surface area contributed by atoms with E-state index in [1.54, 1.807) is 20.8 Å². The molecule has 0 aliphatic carbocycles. The van der Waals surface area contributed by atoms with Crippen molar-refractivity contribution >= 4 is 11.8 Å². The molecular weight excluding hydrogens is 266 g/mol. The summed E-state index contributed by atoms with van der Waals surface area (Å²) < 4.78 is 27.0. The number of halogens is 2. The van der Waals surface area contributed by atoms with Gasteiger partial charge in [0.25, 0.3) is 5.91 Å². The van der Waals surface area contributed by atoms with Gasteiger partial charge in [-0.2, -0.15) is 0 Å². The molecule has 2 N–H and O–H groups in total. The second-order valence-corrected chi connectivity index (χ2v) is 4.69. The third-order valence-electron chi connectivity index (χ3n) is 2.78. The van der Waals surface area contributed by atoms with Gasteiger partial charge in [0.15, 0.2) is 0 Å². The minimum absolute atomic E-state index is 0.208. The summed E-state index contributed by atoms with van der Waals surface area (Å²) in [5, 5.41) is 4.94. The summed E-state index contributed by atoms with van der Waals surface area (Å²) in [7, 11) is 0. The highest BCUT2D eigenvalue weighted by Gasteiger charge is 2.26. The van der Waals surface area contributed by atoms with Crippen molar-refractivity contribution in [1.29, 1.82) is 0 Å². The molecule has 1 aromatic rings. The van der Waals surface area contributed by atoms with Crippen LogP contribution >= 0.6 is 0 Å². The Morgan fingerprint density at radius 2 is 1.75 bits per heavy atom. The van der Waals surface area contributed by atoms with Gasteiger partial charge in [0.2, 0.25) is 5.91 Å². The fourth-order valence-corrected chi connectivity index (χ4v) is 1.75. The van der Waals surface area contributed by atoms with E-state index < -0.39 is 29.1 Å². The van der Waals surface area contributed by atoms with E-state index in [4.69, 9.17) is 0 Å². The zero-order valence-corrected chi connectivity index (χ0v) is 11.7. The molecule has 0 saturated heterocycles. The van der Waals surface area contributed by atoms with Gasteiger partial charge in [-0.25, -0.2) is 8.78 Å². The highest BCUT2D eigenvalue weighted by molar-refractivity contribution is 5.98. The molecule has 0 fully saturated rings. The predicted molar refractivity (Wildman–Crippen MR) is 71.1 cm³/mol. The smallest absolute Gasteiger partial charge is 0.257 e. The largest absolute Gasteiger partial charge is 0.355 e. The molecule has 1 unspecified atom stereocenters. The number of hydrogen-bond acceptors (Lipinski definition) is 2. The molecule has 0 spiro atoms. The number of benzene rings is 1. The Bertz CT molecular complexity index is 484. The Morgan fingerprint density at radius 1 is 1.20 bits per heavy atom. The Labute approximate surface area is 116 Å². The Kier molecular flexibility index (Phi) is 5.61. The highest BCUT2D eigenvalue weighted by atomic mass is 19.1. The van der Waals surface area contributed by atoms with Crippen LogP contribution in [0.5, 0.6) is 0 Å². The van der Waals surface area contributed by atoms with Crippen LogP contribution in [0.2, 0.25) is 0 Å². The highest BCUT2D eigenvalue weighted by Crippen LogP contribution is 2.13. The van der Waals surface area contributed by atoms with Crippen molar-refractivity contribution in [1.82, 2.24) is 10.6 Å². The monoisotopic (exact) mass is 284 g/mol. The van der Waals surface area contributed by atoms with E-state index in [1.807, 2.05) is 0 Å². The number of likely N-dealkylation sites (N-methyl/N-ethyl adjacent to an activating group) is 1. The molecule has 20 heavy (non-hydrogen) atoms. The molecule has 1 rings (SSSR count). The fraction of sp³-hybridized carbons (Fsp3) is 0.429. The van der Waals surface area contributed by atoms with Crippen LogP contribution < -0.4 is 10.6 Å². The van der Waals surface area contributed by atoms with Crippen LogP contribution in [0.15, 0.2) is 18.2 Å². The third-order valence-corrected chi connectivity index (χ3v) is 2.78. The number of carbonyl (C=O) groups excluding carboxylic acids is 2. The van der Waals surface area contributed by atoms with E-state index >= 15 is 0 Å². The van der Waals surface area contributed by atoms with Crippen molar-refractivity contribution in [3.63, 3.8) is 0 Å². The second-order valence-electron chi connectivity index (χ2n) is 4.69. The minimum Gasteiger partial charge on any atom is -0.355 e. The lowest BCUT2D eigenvalue weighted by molar-refractivity contribution is -0.123. The number of rotatable bonds is 5. The van der Waals surface area contributed by atoms with Crippen molar-refractivity contribution in [2.75, 3.05) is 6.54 Å². The number of nitrogens with one attached hydrogen (secondary N) is 2. The van der Waals surface area contributed by atoms with Gasteiger partial charge in [0.05, 0.1) is 0 Å². The predicted octanol–water partition coefficient (Wildman–Crippen LogP) is 1.86. The Morgan fingerprint density at radius 3 is 2.20 bits per heavy atom. The van der Waals surface area contributed by atoms with E-state index in [2.05, 4.69) is 10.6 Å². The van der Waals surface area contributed by atoms with Crippen molar-refractivity contribution in [2.24, 2.45) is 5.92 Å². The summed E-state index contributed by atoms with van der Waals surface area (Å²) in [6, 6.07) is 2.31. The zero-order chi connectivity index (χ0) is 15.3. The van der Waals surface area contributed by atoms with Gasteiger partial charge in [0, 0.05) is 6.54 Å². The maximum Gasteiger partial charge on any atom is 0.257 e. The number of carbonyl (C=O) groups is 2. The summed E-state index contributed by atoms with van der Waals surface area (Å²) in [5.74, 6) is -3.44. The maximum atomic E-state index is 13.5. The lowest BCUT2D eigenvalue weighted by Gasteiger charge is -2.21. The summed E-state index contributed by atoms with van der Waals surface area (Å²) in [6.07, 6.45) is 0. The van der Waals surface area contributed by atoms with Crippen LogP contribution in [0.4, 0.5) is 8.78 Å². The Balaban J connectivity index is 2.94. The number of hydrogen-bond donors (Lipinski definition) is 2. The van der Waals surface area contributed by atoms with Crippen LogP contribution in [0.1, 0.15) is 31.1 Å². The molecule has 0 bridgehead atoms. The van der Waals surface area contributed by atoms with Gasteiger partial charge in [0.1, 0.15) is 23.2 Å². The minimum atomic E-state index is -0.957. The van der Waals surface area contributed by atoms with Crippen molar-refractivity contribution in [2.45, 2.75) is 26.8 Å². The molecule has 4 nitrogen and oxygen atoms in total. The van der Waals surface area contributed by atoms with Crippen LogP contribution in [0.3, 0.4) is 0 Å². The van der Waals surface area contributed by atoms with Gasteiger partial charge in [-0.1, -0.05) is 19.9 Å². The summed E-state index contributed by atoms with van der Waals surface area (Å²) in [4.78, 5) is 23.7. The fourth-order valence-electron chi connectivity index (χ4n) is 1.75. The van der Waals surface area contributed by atoms with Gasteiger partial charge in [-0.3, -0.25) is 9.59 Å². The first-order valence-electron chi connectivity index (χ1n) is 6.41. The molecule has 6 heteroatoms. The van der Waals surface area contributed by atoms with Crippen LogP contribution in [-0.4, -0.2) is 24.4 Å². The first kappa shape index (κ1) is 16.1. The van der Waals surface area contributed by atoms with Crippen LogP contribution in [-0.2, 0) is 4.79 Å². The summed E-state index contributed by atoms with van der Waals surface area (Å²) in [6.45, 7) is 5.62. The average Bonchev–Trinajstić information content (AvgIpc) is 2.35. The van der Waals surface area contributed by atoms with Gasteiger partial charge >= 0.3 is 0 Å². The lowest BCUT2D eigenvalue weighted by atomic mass is 10.0. The maximum absolute atomic E-state index is 13.5. The third kappa shape index (κ3) is 3.76. The lowest BCUT2D eigenvalue weighted by Crippen LogP contribution is -2.50. The quantitative estimate of drug-likeness (QED) is 0.867. The molecule has 0 aromatic heterocycles. The van der Waals surface area contributed by atoms with Crippen LogP contribution in [0.25, 0.3) is 0 Å². The molecule has 0 heterocycles. The first-order chi connectivity index (χ1) is 9.38. The average molecular weight is 284 g/mol. The van der Waals surface area contributed by atoms with Crippen molar-refractivity contribution in [3.8, 4) is 0 Å². The van der Waals surface area contributed by atoms with Gasteiger partial charge in [-0.05, 0) is 25.0 Å². The molecule has 0 aliphatic rings. The van der Waals surface area contributed by atoms with Crippen molar-refractivity contribution < 1.29 is 18.4 Å². The summed E-state index contributed by atoms with van der Waals surface area (Å²) >= 11 is 0. The van der Waals surface area contributed by atoms with Gasteiger partial charge in [-0.15, -0.1) is 0 Å². The molecule has 2 amide bonds. The molecule has 1 aromatic carbocycles. The molecule has 0 saturated carbocycles. The van der Waals surface area contributed by atoms with E-state index in [-0.39, 0.29) is 11.8 Å². The van der Waals surface area contributed by atoms with E-state index in [1.165, 1.54) is 6.07 Å². The standard InChI is InChI=1S/C14H18F2N2O2/c1-4-17-14(20)12(8(2)3)18-13(19)11-9(15)6-5-7-10(11)16/h5-8,12H,4H2,1-3H3,(H,17,20)(H,18,19). The summed E-state index contributed by atoms with van der Waals surface area (Å²) in [5.41, 5.74) is -0.678. The van der Waals surface area contributed by atoms with E-state index in [9.17, 15) is 18.4 Å². The molecule has 0 radical (unpaired) electrons. The number of amides is 2. The molecule has 110 valence electrons. The van der Waals surface area contributed by atoms with E-state index in [0.29, 0.717) is 6.54 Å². The first-order valence-corrected chi connectivity index (χ1v) is 6.41. The second kappa shape index (κ2) is 6.98. The molecule has 1 atom stereocenters. The molecule has 0 aliphatic heterocycles. The van der Waals surface area contributed by atoms with Crippen molar-refractivity contribution in [3.05, 3.63) is 35.4 Å². The van der Waals surface area contributed by atoms with Crippen LogP contribution in [0, 0.1) is 17.6 Å². The topological polar surface area (TPSA) is 58.2 Å². The van der Waals surface area contributed by atoms with E-state index in [0.717, 1.165) is 12.1 Å². The van der Waals surface area contributed by atoms with Gasteiger partial charge < -0.3 is 10.6 Å². The zero-order valence-electron chi connectivity index (χ0n) is 11.7. The Hall–Kier alpha value is -1.98.